The van der Waals surface area contributed by atoms with Gasteiger partial charge in [-0.3, -0.25) is 0 Å². The maximum Gasteiger partial charge on any atom is -0.0201 e. The summed E-state index contributed by atoms with van der Waals surface area (Å²) in [5.74, 6) is 0.625. The largest absolute Gasteiger partial charge is 0.0784 e. The van der Waals surface area contributed by atoms with Crippen LogP contribution in [0.15, 0.2) is 30.3 Å². The van der Waals surface area contributed by atoms with Gasteiger partial charge in [-0.05, 0) is 36.5 Å². The number of hydrogen-bond acceptors (Lipinski definition) is 0. The molecule has 84 valence electrons. The average Bonchev–Trinajstić information content (AvgIpc) is 2.20. The normalized spacial score (nSPS) is 11.0. The highest BCUT2D eigenvalue weighted by molar-refractivity contribution is 5.66. The molecular formula is C15H24. The molecule has 0 aliphatic carbocycles. The summed E-state index contributed by atoms with van der Waals surface area (Å²) < 4.78 is 0. The summed E-state index contributed by atoms with van der Waals surface area (Å²) in [6.45, 7) is 12.8. The van der Waals surface area contributed by atoms with E-state index in [-0.39, 0.29) is 0 Å². The minimum Gasteiger partial charge on any atom is -0.0784 e. The number of benzene rings is 1. The molecule has 0 N–H and O–H groups in total. The van der Waals surface area contributed by atoms with Gasteiger partial charge in [0.05, 0.1) is 0 Å². The van der Waals surface area contributed by atoms with Crippen LogP contribution in [0.1, 0.15) is 45.7 Å². The standard InChI is InChI=1S/C13H18.C2H6/c1-10(2)9-12(4)13-8-6-5-7-11(13)3;1-2/h5-10H,1-4H3;1-2H3/b12-9-;. The van der Waals surface area contributed by atoms with Crippen LogP contribution in [-0.4, -0.2) is 0 Å². The zero-order valence-corrected chi connectivity index (χ0v) is 11.0. The highest BCUT2D eigenvalue weighted by Crippen LogP contribution is 2.19. The minimum atomic E-state index is 0.625. The van der Waals surface area contributed by atoms with Crippen LogP contribution in [0.3, 0.4) is 0 Å². The zero-order chi connectivity index (χ0) is 11.8. The maximum absolute atomic E-state index is 2.31. The van der Waals surface area contributed by atoms with Gasteiger partial charge in [-0.2, -0.15) is 0 Å². The summed E-state index contributed by atoms with van der Waals surface area (Å²) in [6.07, 6.45) is 2.31. The van der Waals surface area contributed by atoms with Crippen molar-refractivity contribution in [3.8, 4) is 0 Å². The summed E-state index contributed by atoms with van der Waals surface area (Å²) in [7, 11) is 0. The van der Waals surface area contributed by atoms with Gasteiger partial charge in [0.15, 0.2) is 0 Å². The molecular weight excluding hydrogens is 180 g/mol. The number of allylic oxidation sites excluding steroid dienone is 2. The summed E-state index contributed by atoms with van der Waals surface area (Å²) in [4.78, 5) is 0. The van der Waals surface area contributed by atoms with Crippen molar-refractivity contribution in [2.24, 2.45) is 5.92 Å². The Hall–Kier alpha value is -1.04. The van der Waals surface area contributed by atoms with Crippen molar-refractivity contribution >= 4 is 5.57 Å². The van der Waals surface area contributed by atoms with E-state index in [1.165, 1.54) is 16.7 Å². The van der Waals surface area contributed by atoms with Crippen molar-refractivity contribution in [3.05, 3.63) is 41.5 Å². The van der Waals surface area contributed by atoms with Crippen LogP contribution in [0.4, 0.5) is 0 Å². The second kappa shape index (κ2) is 7.28. The Balaban J connectivity index is 0.000000921. The second-order valence-corrected chi connectivity index (χ2v) is 3.91. The molecule has 0 heteroatoms. The van der Waals surface area contributed by atoms with Gasteiger partial charge in [0, 0.05) is 0 Å². The van der Waals surface area contributed by atoms with Gasteiger partial charge in [0.1, 0.15) is 0 Å². The molecule has 1 aromatic rings. The molecule has 0 spiro atoms. The van der Waals surface area contributed by atoms with Gasteiger partial charge in [-0.25, -0.2) is 0 Å². The third-order valence-electron chi connectivity index (χ3n) is 2.15. The Morgan fingerprint density at radius 1 is 1.13 bits per heavy atom. The van der Waals surface area contributed by atoms with Crippen LogP contribution in [0.5, 0.6) is 0 Å². The van der Waals surface area contributed by atoms with Crippen LogP contribution in [0.25, 0.3) is 5.57 Å². The van der Waals surface area contributed by atoms with Gasteiger partial charge < -0.3 is 0 Å². The lowest BCUT2D eigenvalue weighted by molar-refractivity contribution is 0.833. The van der Waals surface area contributed by atoms with Gasteiger partial charge in [-0.1, -0.05) is 58.0 Å². The van der Waals surface area contributed by atoms with Crippen LogP contribution in [0, 0.1) is 12.8 Å². The molecule has 1 rings (SSSR count). The molecule has 0 fully saturated rings. The first kappa shape index (κ1) is 14.0. The molecule has 0 aliphatic rings. The van der Waals surface area contributed by atoms with Crippen molar-refractivity contribution in [1.82, 2.24) is 0 Å². The van der Waals surface area contributed by atoms with Crippen LogP contribution < -0.4 is 0 Å². The molecule has 0 saturated carbocycles. The molecule has 1 aromatic carbocycles. The lowest BCUT2D eigenvalue weighted by Crippen LogP contribution is -1.87. The molecule has 15 heavy (non-hydrogen) atoms. The van der Waals surface area contributed by atoms with Crippen molar-refractivity contribution < 1.29 is 0 Å². The van der Waals surface area contributed by atoms with E-state index in [1.54, 1.807) is 0 Å². The van der Waals surface area contributed by atoms with E-state index in [4.69, 9.17) is 0 Å². The van der Waals surface area contributed by atoms with Crippen molar-refractivity contribution in [1.29, 1.82) is 0 Å². The molecule has 0 aliphatic heterocycles. The minimum absolute atomic E-state index is 0.625. The summed E-state index contributed by atoms with van der Waals surface area (Å²) >= 11 is 0. The fourth-order valence-electron chi connectivity index (χ4n) is 1.61. The van der Waals surface area contributed by atoms with Gasteiger partial charge in [0.2, 0.25) is 0 Å². The van der Waals surface area contributed by atoms with E-state index in [0.29, 0.717) is 5.92 Å². The summed E-state index contributed by atoms with van der Waals surface area (Å²) in [6, 6.07) is 8.53. The summed E-state index contributed by atoms with van der Waals surface area (Å²) in [5, 5.41) is 0. The predicted molar refractivity (Wildman–Crippen MR) is 71.0 cm³/mol. The molecule has 0 nitrogen and oxygen atoms in total. The highest BCUT2D eigenvalue weighted by atomic mass is 14.0. The van der Waals surface area contributed by atoms with E-state index in [1.807, 2.05) is 13.8 Å². The molecule has 0 aromatic heterocycles. The molecule has 0 unspecified atom stereocenters. The molecule has 0 radical (unpaired) electrons. The highest BCUT2D eigenvalue weighted by Gasteiger charge is 1.99. The van der Waals surface area contributed by atoms with E-state index in [0.717, 1.165) is 0 Å². The van der Waals surface area contributed by atoms with E-state index in [2.05, 4.69) is 58.0 Å². The fourth-order valence-corrected chi connectivity index (χ4v) is 1.61. The fraction of sp³-hybridized carbons (Fsp3) is 0.467. The summed E-state index contributed by atoms with van der Waals surface area (Å²) in [5.41, 5.74) is 4.11. The van der Waals surface area contributed by atoms with Gasteiger partial charge in [0.25, 0.3) is 0 Å². The smallest absolute Gasteiger partial charge is 0.0201 e. The molecule has 0 atom stereocenters. The number of hydrogen-bond donors (Lipinski definition) is 0. The molecule has 0 bridgehead atoms. The van der Waals surface area contributed by atoms with Crippen molar-refractivity contribution in [2.45, 2.75) is 41.5 Å². The first-order valence-corrected chi connectivity index (χ1v) is 5.85. The van der Waals surface area contributed by atoms with E-state index < -0.39 is 0 Å². The van der Waals surface area contributed by atoms with Crippen LogP contribution in [0.2, 0.25) is 0 Å². The van der Waals surface area contributed by atoms with Crippen LogP contribution in [-0.2, 0) is 0 Å². The topological polar surface area (TPSA) is 0 Å². The predicted octanol–water partition coefficient (Wildman–Crippen LogP) is 5.08. The molecule has 0 saturated heterocycles. The van der Waals surface area contributed by atoms with Crippen molar-refractivity contribution in [2.75, 3.05) is 0 Å². The van der Waals surface area contributed by atoms with Crippen LogP contribution >= 0.6 is 0 Å². The van der Waals surface area contributed by atoms with Crippen molar-refractivity contribution in [3.63, 3.8) is 0 Å². The first-order valence-electron chi connectivity index (χ1n) is 5.85. The van der Waals surface area contributed by atoms with E-state index in [9.17, 15) is 0 Å². The first-order chi connectivity index (χ1) is 7.11. The Labute approximate surface area is 95.0 Å². The third kappa shape index (κ3) is 4.83. The SMILES string of the molecule is C/C(=C/C(C)C)c1ccccc1C.CC. The number of aryl methyl sites for hydroxylation is 1. The maximum atomic E-state index is 2.31. The zero-order valence-electron chi connectivity index (χ0n) is 11.0. The Morgan fingerprint density at radius 3 is 2.13 bits per heavy atom. The number of rotatable bonds is 2. The van der Waals surface area contributed by atoms with Gasteiger partial charge >= 0.3 is 0 Å². The Morgan fingerprint density at radius 2 is 1.67 bits per heavy atom. The monoisotopic (exact) mass is 204 g/mol. The Kier molecular flexibility index (Phi) is 6.77. The van der Waals surface area contributed by atoms with E-state index >= 15 is 0 Å². The average molecular weight is 204 g/mol. The lowest BCUT2D eigenvalue weighted by atomic mass is 9.99. The Bertz CT molecular complexity index is 306. The van der Waals surface area contributed by atoms with Gasteiger partial charge in [-0.15, -0.1) is 0 Å². The molecule has 0 heterocycles. The quantitative estimate of drug-likeness (QED) is 0.630. The second-order valence-electron chi connectivity index (χ2n) is 3.91. The third-order valence-corrected chi connectivity index (χ3v) is 2.15. The lowest BCUT2D eigenvalue weighted by Gasteiger charge is -2.06. The molecule has 0 amide bonds.